The van der Waals surface area contributed by atoms with Crippen LogP contribution in [-0.4, -0.2) is 19.0 Å². The summed E-state index contributed by atoms with van der Waals surface area (Å²) in [6, 6.07) is 9.30. The molecule has 2 N–H and O–H groups in total. The van der Waals surface area contributed by atoms with Crippen molar-refractivity contribution in [3.05, 3.63) is 35.4 Å². The van der Waals surface area contributed by atoms with Gasteiger partial charge in [-0.2, -0.15) is 5.26 Å². The quantitative estimate of drug-likeness (QED) is 0.821. The van der Waals surface area contributed by atoms with E-state index in [2.05, 4.69) is 16.7 Å². The van der Waals surface area contributed by atoms with Crippen LogP contribution in [0.1, 0.15) is 37.9 Å². The highest BCUT2D eigenvalue weighted by Gasteiger charge is 2.15. The van der Waals surface area contributed by atoms with E-state index < -0.39 is 0 Å². The number of hydrogen-bond donors (Lipinski definition) is 2. The molecule has 0 aliphatic rings. The largest absolute Gasteiger partial charge is 0.349 e. The van der Waals surface area contributed by atoms with Gasteiger partial charge < -0.3 is 10.6 Å². The van der Waals surface area contributed by atoms with Crippen LogP contribution in [0, 0.1) is 17.2 Å². The molecule has 0 saturated carbocycles. The molecule has 0 aliphatic carbocycles. The third-order valence-electron chi connectivity index (χ3n) is 3.05. The van der Waals surface area contributed by atoms with Crippen molar-refractivity contribution in [2.24, 2.45) is 5.92 Å². The van der Waals surface area contributed by atoms with Crippen molar-refractivity contribution < 1.29 is 4.79 Å². The Morgan fingerprint density at radius 3 is 2.47 bits per heavy atom. The lowest BCUT2D eigenvalue weighted by atomic mass is 10.1. The fourth-order valence-electron chi connectivity index (χ4n) is 1.74. The molecule has 4 heteroatoms. The molecule has 0 saturated heterocycles. The number of nitriles is 1. The first-order chi connectivity index (χ1) is 9.08. The number of hydrogen-bond acceptors (Lipinski definition) is 3. The van der Waals surface area contributed by atoms with Crippen molar-refractivity contribution in [3.8, 4) is 6.07 Å². The maximum absolute atomic E-state index is 12.0. The van der Waals surface area contributed by atoms with Crippen LogP contribution in [0.4, 0.5) is 0 Å². The van der Waals surface area contributed by atoms with E-state index in [1.807, 2.05) is 32.9 Å². The summed E-state index contributed by atoms with van der Waals surface area (Å²) in [4.78, 5) is 12.0. The lowest BCUT2D eigenvalue weighted by molar-refractivity contribution is -0.125. The van der Waals surface area contributed by atoms with Gasteiger partial charge in [-0.1, -0.05) is 26.0 Å². The number of carbonyl (C=O) groups is 1. The monoisotopic (exact) mass is 259 g/mol. The fraction of sp³-hybridized carbons (Fsp3) is 0.467. The first-order valence-corrected chi connectivity index (χ1v) is 6.59. The van der Waals surface area contributed by atoms with Gasteiger partial charge in [0.05, 0.1) is 17.7 Å². The van der Waals surface area contributed by atoms with Crippen LogP contribution in [0.25, 0.3) is 0 Å². The van der Waals surface area contributed by atoms with E-state index in [1.165, 1.54) is 0 Å². The Labute approximate surface area is 114 Å². The van der Waals surface area contributed by atoms with Gasteiger partial charge in [0.25, 0.3) is 0 Å². The van der Waals surface area contributed by atoms with Crippen molar-refractivity contribution in [2.75, 3.05) is 13.1 Å². The van der Waals surface area contributed by atoms with Crippen molar-refractivity contribution in [1.29, 1.82) is 5.26 Å². The second-order valence-electron chi connectivity index (χ2n) is 4.67. The fourth-order valence-corrected chi connectivity index (χ4v) is 1.74. The third kappa shape index (κ3) is 4.72. The number of rotatable bonds is 6. The van der Waals surface area contributed by atoms with Gasteiger partial charge in [0.1, 0.15) is 0 Å². The van der Waals surface area contributed by atoms with Gasteiger partial charge in [0.15, 0.2) is 0 Å². The molecule has 0 aromatic heterocycles. The Kier molecular flexibility index (Phi) is 6.04. The summed E-state index contributed by atoms with van der Waals surface area (Å²) in [6.07, 6.45) is 0. The van der Waals surface area contributed by atoms with Crippen LogP contribution in [0.2, 0.25) is 0 Å². The molecular weight excluding hydrogens is 238 g/mol. The molecule has 0 aliphatic heterocycles. The normalized spacial score (nSPS) is 13.4. The predicted octanol–water partition coefficient (Wildman–Crippen LogP) is 1.98. The highest BCUT2D eigenvalue weighted by molar-refractivity contribution is 5.78. The second kappa shape index (κ2) is 7.55. The van der Waals surface area contributed by atoms with Gasteiger partial charge in [-0.15, -0.1) is 0 Å². The molecular formula is C15H21N3O. The Hall–Kier alpha value is -1.86. The zero-order valence-corrected chi connectivity index (χ0v) is 11.7. The van der Waals surface area contributed by atoms with Crippen LogP contribution < -0.4 is 10.6 Å². The summed E-state index contributed by atoms with van der Waals surface area (Å²) < 4.78 is 0. The van der Waals surface area contributed by atoms with Crippen LogP contribution in [-0.2, 0) is 4.79 Å². The minimum atomic E-state index is -0.0548. The summed E-state index contributed by atoms with van der Waals surface area (Å²) >= 11 is 0. The number of nitrogens with zero attached hydrogens (tertiary/aromatic N) is 1. The molecule has 0 fully saturated rings. The number of nitrogens with one attached hydrogen (secondary N) is 2. The summed E-state index contributed by atoms with van der Waals surface area (Å²) in [6.45, 7) is 7.41. The van der Waals surface area contributed by atoms with Gasteiger partial charge in [-0.3, -0.25) is 4.79 Å². The number of carbonyl (C=O) groups excluding carboxylic acids is 1. The first kappa shape index (κ1) is 15.2. The van der Waals surface area contributed by atoms with Gasteiger partial charge >= 0.3 is 0 Å². The van der Waals surface area contributed by atoms with E-state index in [0.29, 0.717) is 12.1 Å². The average molecular weight is 259 g/mol. The molecule has 102 valence electrons. The Morgan fingerprint density at radius 2 is 1.95 bits per heavy atom. The minimum Gasteiger partial charge on any atom is -0.349 e. The predicted molar refractivity (Wildman–Crippen MR) is 75.4 cm³/mol. The number of amides is 1. The molecule has 0 spiro atoms. The van der Waals surface area contributed by atoms with Crippen molar-refractivity contribution in [1.82, 2.24) is 10.6 Å². The van der Waals surface area contributed by atoms with E-state index in [1.54, 1.807) is 12.1 Å². The summed E-state index contributed by atoms with van der Waals surface area (Å²) in [5, 5.41) is 14.9. The highest BCUT2D eigenvalue weighted by Crippen LogP contribution is 2.13. The lowest BCUT2D eigenvalue weighted by Crippen LogP contribution is -2.36. The number of benzene rings is 1. The van der Waals surface area contributed by atoms with Crippen LogP contribution in [0.5, 0.6) is 0 Å². The zero-order valence-electron chi connectivity index (χ0n) is 11.7. The first-order valence-electron chi connectivity index (χ1n) is 6.59. The van der Waals surface area contributed by atoms with Crippen LogP contribution >= 0.6 is 0 Å². The zero-order chi connectivity index (χ0) is 14.3. The van der Waals surface area contributed by atoms with Crippen LogP contribution in [0.15, 0.2) is 24.3 Å². The van der Waals surface area contributed by atoms with Crippen LogP contribution in [0.3, 0.4) is 0 Å². The standard InChI is InChI=1S/C15H21N3O/c1-4-17-10-11(2)15(19)18-12(3)14-7-5-13(9-16)6-8-14/h5-8,11-12,17H,4,10H2,1-3H3,(H,18,19). The Bertz CT molecular complexity index is 447. The summed E-state index contributed by atoms with van der Waals surface area (Å²) in [5.74, 6) is -0.0152. The van der Waals surface area contributed by atoms with Crippen molar-refractivity contribution >= 4 is 5.91 Å². The third-order valence-corrected chi connectivity index (χ3v) is 3.05. The van der Waals surface area contributed by atoms with E-state index in [9.17, 15) is 4.79 Å². The second-order valence-corrected chi connectivity index (χ2v) is 4.67. The molecule has 1 aromatic carbocycles. The molecule has 0 radical (unpaired) electrons. The maximum Gasteiger partial charge on any atom is 0.224 e. The van der Waals surface area contributed by atoms with Gasteiger partial charge in [-0.05, 0) is 31.2 Å². The lowest BCUT2D eigenvalue weighted by Gasteiger charge is -2.18. The molecule has 0 bridgehead atoms. The average Bonchev–Trinajstić information content (AvgIpc) is 2.44. The van der Waals surface area contributed by atoms with E-state index >= 15 is 0 Å². The highest BCUT2D eigenvalue weighted by atomic mass is 16.1. The summed E-state index contributed by atoms with van der Waals surface area (Å²) in [7, 11) is 0. The summed E-state index contributed by atoms with van der Waals surface area (Å²) in [5.41, 5.74) is 1.63. The molecule has 2 unspecified atom stereocenters. The molecule has 0 heterocycles. The molecule has 2 atom stereocenters. The SMILES string of the molecule is CCNCC(C)C(=O)NC(C)c1ccc(C#N)cc1. The minimum absolute atomic E-state index is 0.0396. The van der Waals surface area contributed by atoms with E-state index in [4.69, 9.17) is 5.26 Å². The van der Waals surface area contributed by atoms with E-state index in [-0.39, 0.29) is 17.9 Å². The Morgan fingerprint density at radius 1 is 1.32 bits per heavy atom. The molecule has 1 aromatic rings. The smallest absolute Gasteiger partial charge is 0.224 e. The van der Waals surface area contributed by atoms with Crippen molar-refractivity contribution in [3.63, 3.8) is 0 Å². The topological polar surface area (TPSA) is 64.9 Å². The van der Waals surface area contributed by atoms with Crippen molar-refractivity contribution in [2.45, 2.75) is 26.8 Å². The Balaban J connectivity index is 2.56. The van der Waals surface area contributed by atoms with Gasteiger partial charge in [0, 0.05) is 12.5 Å². The molecule has 1 rings (SSSR count). The van der Waals surface area contributed by atoms with E-state index in [0.717, 1.165) is 12.1 Å². The molecule has 4 nitrogen and oxygen atoms in total. The van der Waals surface area contributed by atoms with Gasteiger partial charge in [-0.25, -0.2) is 0 Å². The molecule has 1 amide bonds. The maximum atomic E-state index is 12.0. The van der Waals surface area contributed by atoms with Gasteiger partial charge in [0.2, 0.25) is 5.91 Å². The molecule has 19 heavy (non-hydrogen) atoms.